The fourth-order valence-corrected chi connectivity index (χ4v) is 3.63. The van der Waals surface area contributed by atoms with Crippen LogP contribution in [0.4, 0.5) is 5.69 Å². The normalized spacial score (nSPS) is 16.3. The number of nitrogens with zero attached hydrogens (tertiary/aromatic N) is 4. The van der Waals surface area contributed by atoms with Crippen LogP contribution in [-0.2, 0) is 4.79 Å². The molecule has 0 aliphatic carbocycles. The summed E-state index contributed by atoms with van der Waals surface area (Å²) in [5.41, 5.74) is 0.903. The van der Waals surface area contributed by atoms with Crippen molar-refractivity contribution in [2.45, 2.75) is 12.8 Å². The van der Waals surface area contributed by atoms with Crippen LogP contribution in [0.3, 0.4) is 0 Å². The number of rotatable bonds is 5. The summed E-state index contributed by atoms with van der Waals surface area (Å²) in [6.45, 7) is 0.967. The highest BCUT2D eigenvalue weighted by molar-refractivity contribution is 6.99. The molecular weight excluding hydrogens is 390 g/mol. The molecule has 1 saturated heterocycles. The zero-order chi connectivity index (χ0) is 20.1. The summed E-state index contributed by atoms with van der Waals surface area (Å²) in [7, 11) is 0. The van der Waals surface area contributed by atoms with E-state index >= 15 is 0 Å². The molecule has 2 amide bonds. The van der Waals surface area contributed by atoms with Crippen LogP contribution in [0.5, 0.6) is 11.5 Å². The minimum absolute atomic E-state index is 0.138. The second kappa shape index (κ2) is 8.78. The Kier molecular flexibility index (Phi) is 5.76. The number of amides is 2. The molecule has 1 N–H and O–H groups in total. The lowest BCUT2D eigenvalue weighted by atomic mass is 9.96. The van der Waals surface area contributed by atoms with E-state index in [1.807, 2.05) is 12.1 Å². The van der Waals surface area contributed by atoms with Gasteiger partial charge in [-0.3, -0.25) is 14.6 Å². The van der Waals surface area contributed by atoms with Crippen molar-refractivity contribution in [2.24, 2.45) is 5.92 Å². The van der Waals surface area contributed by atoms with Crippen LogP contribution in [-0.4, -0.2) is 43.5 Å². The molecule has 0 spiro atoms. The summed E-state index contributed by atoms with van der Waals surface area (Å²) in [4.78, 5) is 31.1. The summed E-state index contributed by atoms with van der Waals surface area (Å²) >= 11 is 0.998. The van der Waals surface area contributed by atoms with Crippen LogP contribution in [0.2, 0.25) is 0 Å². The number of piperidine rings is 1. The van der Waals surface area contributed by atoms with Gasteiger partial charge in [0, 0.05) is 19.3 Å². The van der Waals surface area contributed by atoms with E-state index in [1.165, 1.54) is 6.20 Å². The Morgan fingerprint density at radius 1 is 1.17 bits per heavy atom. The number of ether oxygens (including phenoxy) is 1. The number of carbonyl (C=O) groups is 2. The third-order valence-electron chi connectivity index (χ3n) is 4.67. The Bertz CT molecular complexity index is 981. The minimum Gasteiger partial charge on any atom is -0.454 e. The van der Waals surface area contributed by atoms with Crippen LogP contribution in [0.15, 0.2) is 55.0 Å². The van der Waals surface area contributed by atoms with Gasteiger partial charge in [-0.05, 0) is 37.1 Å². The van der Waals surface area contributed by atoms with E-state index in [0.717, 1.165) is 24.6 Å². The van der Waals surface area contributed by atoms with E-state index in [-0.39, 0.29) is 17.7 Å². The van der Waals surface area contributed by atoms with Gasteiger partial charge < -0.3 is 15.0 Å². The molecule has 29 heavy (non-hydrogen) atoms. The zero-order valence-corrected chi connectivity index (χ0v) is 16.3. The molecule has 9 heteroatoms. The van der Waals surface area contributed by atoms with Crippen LogP contribution in [0.25, 0.3) is 0 Å². The Labute approximate surface area is 171 Å². The number of pyridine rings is 1. The standard InChI is InChI=1S/C20H19N5O3S/c26-19(14-5-4-10-25(13-14)20(27)17-12-22-29-24-17)23-16-7-1-2-8-18(16)28-15-6-3-9-21-11-15/h1-3,6-9,11-12,14H,4-5,10,13H2,(H,23,26)/t14-/m1/s1. The molecule has 1 aliphatic heterocycles. The second-order valence-corrected chi connectivity index (χ2v) is 7.22. The van der Waals surface area contributed by atoms with Crippen molar-refractivity contribution in [3.8, 4) is 11.5 Å². The first-order valence-corrected chi connectivity index (χ1v) is 9.98. The monoisotopic (exact) mass is 409 g/mol. The average molecular weight is 409 g/mol. The number of benzene rings is 1. The van der Waals surface area contributed by atoms with E-state index < -0.39 is 0 Å². The highest BCUT2D eigenvalue weighted by atomic mass is 32.1. The van der Waals surface area contributed by atoms with Gasteiger partial charge in [-0.15, -0.1) is 0 Å². The van der Waals surface area contributed by atoms with E-state index in [0.29, 0.717) is 36.0 Å². The van der Waals surface area contributed by atoms with E-state index in [2.05, 4.69) is 19.0 Å². The number of carbonyl (C=O) groups excluding carboxylic acids is 2. The number of nitrogens with one attached hydrogen (secondary N) is 1. The van der Waals surface area contributed by atoms with Gasteiger partial charge >= 0.3 is 0 Å². The highest BCUT2D eigenvalue weighted by Gasteiger charge is 2.30. The Morgan fingerprint density at radius 3 is 2.86 bits per heavy atom. The number of hydrogen-bond acceptors (Lipinski definition) is 7. The lowest BCUT2D eigenvalue weighted by Crippen LogP contribution is -2.43. The molecule has 1 atom stereocenters. The van der Waals surface area contributed by atoms with E-state index in [1.54, 1.807) is 41.6 Å². The number of hydrogen-bond donors (Lipinski definition) is 1. The maximum absolute atomic E-state index is 12.9. The summed E-state index contributed by atoms with van der Waals surface area (Å²) in [6.07, 6.45) is 6.21. The molecule has 148 valence electrons. The van der Waals surface area contributed by atoms with Crippen molar-refractivity contribution < 1.29 is 14.3 Å². The van der Waals surface area contributed by atoms with Gasteiger partial charge in [0.1, 0.15) is 5.75 Å². The second-order valence-electron chi connectivity index (χ2n) is 6.66. The van der Waals surface area contributed by atoms with Crippen molar-refractivity contribution in [2.75, 3.05) is 18.4 Å². The van der Waals surface area contributed by atoms with Crippen molar-refractivity contribution in [3.63, 3.8) is 0 Å². The minimum atomic E-state index is -0.300. The molecule has 4 rings (SSSR count). The molecule has 2 aromatic heterocycles. The zero-order valence-electron chi connectivity index (χ0n) is 15.5. The van der Waals surface area contributed by atoms with E-state index in [4.69, 9.17) is 4.74 Å². The van der Waals surface area contributed by atoms with Crippen molar-refractivity contribution in [3.05, 3.63) is 60.7 Å². The van der Waals surface area contributed by atoms with Crippen LogP contribution in [0, 0.1) is 5.92 Å². The number of anilines is 1. The fourth-order valence-electron chi connectivity index (χ4n) is 3.22. The summed E-state index contributed by atoms with van der Waals surface area (Å²) in [6, 6.07) is 10.8. The quantitative estimate of drug-likeness (QED) is 0.695. The Balaban J connectivity index is 1.43. The van der Waals surface area contributed by atoms with Gasteiger partial charge in [0.15, 0.2) is 11.4 Å². The van der Waals surface area contributed by atoms with Crippen LogP contribution >= 0.6 is 11.7 Å². The molecule has 0 unspecified atom stereocenters. The molecule has 1 aromatic carbocycles. The van der Waals surface area contributed by atoms with Gasteiger partial charge in [-0.1, -0.05) is 12.1 Å². The third-order valence-corrected chi connectivity index (χ3v) is 5.14. The van der Waals surface area contributed by atoms with Crippen LogP contribution < -0.4 is 10.1 Å². The largest absolute Gasteiger partial charge is 0.454 e. The SMILES string of the molecule is O=C(Nc1ccccc1Oc1cccnc1)[C@@H]1CCCN(C(=O)c2cnsn2)C1. The number of likely N-dealkylation sites (tertiary alicyclic amines) is 1. The van der Waals surface area contributed by atoms with Gasteiger partial charge in [0.2, 0.25) is 5.91 Å². The molecular formula is C20H19N5O3S. The average Bonchev–Trinajstić information content (AvgIpc) is 3.30. The lowest BCUT2D eigenvalue weighted by molar-refractivity contribution is -0.121. The molecule has 3 heterocycles. The summed E-state index contributed by atoms with van der Waals surface area (Å²) in [5.74, 6) is 0.495. The lowest BCUT2D eigenvalue weighted by Gasteiger charge is -2.31. The van der Waals surface area contributed by atoms with Gasteiger partial charge in [0.05, 0.1) is 35.7 Å². The Morgan fingerprint density at radius 2 is 2.07 bits per heavy atom. The summed E-state index contributed by atoms with van der Waals surface area (Å²) < 4.78 is 13.7. The van der Waals surface area contributed by atoms with Gasteiger partial charge in [0.25, 0.3) is 5.91 Å². The molecule has 0 bridgehead atoms. The number of para-hydroxylation sites is 2. The smallest absolute Gasteiger partial charge is 0.275 e. The van der Waals surface area contributed by atoms with Crippen molar-refractivity contribution >= 4 is 29.2 Å². The first-order chi connectivity index (χ1) is 14.2. The highest BCUT2D eigenvalue weighted by Crippen LogP contribution is 2.30. The first-order valence-electron chi connectivity index (χ1n) is 9.25. The first kappa shape index (κ1) is 19.0. The molecule has 1 aliphatic rings. The van der Waals surface area contributed by atoms with Crippen molar-refractivity contribution in [1.29, 1.82) is 0 Å². The fraction of sp³-hybridized carbons (Fsp3) is 0.250. The van der Waals surface area contributed by atoms with Gasteiger partial charge in [-0.2, -0.15) is 8.75 Å². The van der Waals surface area contributed by atoms with Gasteiger partial charge in [-0.25, -0.2) is 0 Å². The van der Waals surface area contributed by atoms with E-state index in [9.17, 15) is 9.59 Å². The third kappa shape index (κ3) is 4.57. The molecule has 0 saturated carbocycles. The predicted octanol–water partition coefficient (Wildman–Crippen LogP) is 3.22. The summed E-state index contributed by atoms with van der Waals surface area (Å²) in [5, 5.41) is 2.95. The molecule has 0 radical (unpaired) electrons. The predicted molar refractivity (Wildman–Crippen MR) is 108 cm³/mol. The molecule has 1 fully saturated rings. The van der Waals surface area contributed by atoms with Crippen molar-refractivity contribution in [1.82, 2.24) is 18.6 Å². The maximum Gasteiger partial charge on any atom is 0.275 e. The number of aromatic nitrogens is 3. The molecule has 3 aromatic rings. The maximum atomic E-state index is 12.9. The molecule has 8 nitrogen and oxygen atoms in total. The van der Waals surface area contributed by atoms with Crippen LogP contribution in [0.1, 0.15) is 23.3 Å². The topological polar surface area (TPSA) is 97.3 Å². The Hall–Kier alpha value is -3.33.